The lowest BCUT2D eigenvalue weighted by molar-refractivity contribution is -0.144. The Morgan fingerprint density at radius 1 is 1.17 bits per heavy atom. The van der Waals surface area contributed by atoms with E-state index in [1.807, 2.05) is 18.2 Å². The van der Waals surface area contributed by atoms with Gasteiger partial charge >= 0.3 is 6.03 Å². The molecule has 0 radical (unpaired) electrons. The Bertz CT molecular complexity index is 1130. The van der Waals surface area contributed by atoms with Gasteiger partial charge < -0.3 is 14.4 Å². The zero-order chi connectivity index (χ0) is 24.7. The van der Waals surface area contributed by atoms with Crippen LogP contribution in [0.25, 0.3) is 0 Å². The molecule has 3 atom stereocenters. The molecule has 0 spiro atoms. The monoisotopic (exact) mass is 520 g/mol. The first-order valence-electron chi connectivity index (χ1n) is 11.3. The van der Waals surface area contributed by atoms with E-state index in [0.29, 0.717) is 24.5 Å². The summed E-state index contributed by atoms with van der Waals surface area (Å²) in [5.41, 5.74) is 4.36. The molecule has 0 bridgehead atoms. The van der Waals surface area contributed by atoms with Crippen LogP contribution in [0.3, 0.4) is 0 Å². The number of rotatable bonds is 7. The minimum atomic E-state index is -0.638. The molecule has 0 saturated carbocycles. The van der Waals surface area contributed by atoms with E-state index in [4.69, 9.17) is 21.1 Å². The molecule has 2 aromatic carbocycles. The van der Waals surface area contributed by atoms with Gasteiger partial charge in [0.1, 0.15) is 11.1 Å². The summed E-state index contributed by atoms with van der Waals surface area (Å²) < 4.78 is 25.1. The molecule has 0 aliphatic carbocycles. The van der Waals surface area contributed by atoms with Gasteiger partial charge in [-0.1, -0.05) is 23.7 Å². The summed E-state index contributed by atoms with van der Waals surface area (Å²) in [5.74, 6) is 1.58. The van der Waals surface area contributed by atoms with Gasteiger partial charge in [0.2, 0.25) is 5.91 Å². The highest BCUT2D eigenvalue weighted by Crippen LogP contribution is 2.40. The third-order valence-corrected chi connectivity index (χ3v) is 8.39. The maximum Gasteiger partial charge on any atom is 0.337 e. The third kappa shape index (κ3) is 4.28. The molecule has 3 unspecified atom stereocenters. The van der Waals surface area contributed by atoms with Crippen LogP contribution in [0, 0.1) is 5.82 Å². The van der Waals surface area contributed by atoms with E-state index in [9.17, 15) is 14.0 Å². The van der Waals surface area contributed by atoms with Crippen molar-refractivity contribution >= 4 is 35.3 Å². The van der Waals surface area contributed by atoms with Gasteiger partial charge in [0.05, 0.1) is 26.8 Å². The van der Waals surface area contributed by atoms with Crippen LogP contribution >= 0.6 is 23.4 Å². The number of hydrogen-bond acceptors (Lipinski definition) is 6. The fourth-order valence-electron chi connectivity index (χ4n) is 4.90. The fraction of sp³-hybridized carbons (Fsp3) is 0.417. The number of carbonyl (C=O) groups is 2. The lowest BCUT2D eigenvalue weighted by atomic mass is 10.0. The van der Waals surface area contributed by atoms with Crippen LogP contribution in [0.1, 0.15) is 17.5 Å². The third-order valence-electron chi connectivity index (χ3n) is 6.69. The minimum Gasteiger partial charge on any atom is -0.493 e. The molecular formula is C24H26ClFN4O4S. The SMILES string of the molecule is COc1ccc(CCN2C(=O)C3SCCC3N3C(=O)N(Cc4c(F)cccc4Cl)NC23)cc1OC. The molecular weight excluding hydrogens is 495 g/mol. The molecule has 8 nitrogen and oxygen atoms in total. The van der Waals surface area contributed by atoms with Crippen molar-refractivity contribution < 1.29 is 23.5 Å². The van der Waals surface area contributed by atoms with Crippen LogP contribution < -0.4 is 14.9 Å². The average molecular weight is 521 g/mol. The van der Waals surface area contributed by atoms with Crippen molar-refractivity contribution in [3.05, 3.63) is 58.4 Å². The van der Waals surface area contributed by atoms with Gasteiger partial charge in [0, 0.05) is 17.1 Å². The van der Waals surface area contributed by atoms with Gasteiger partial charge in [-0.05, 0) is 48.4 Å². The highest BCUT2D eigenvalue weighted by molar-refractivity contribution is 8.00. The van der Waals surface area contributed by atoms with E-state index in [0.717, 1.165) is 17.7 Å². The lowest BCUT2D eigenvalue weighted by Gasteiger charge is -2.44. The maximum absolute atomic E-state index is 14.4. The Labute approximate surface area is 212 Å². The highest BCUT2D eigenvalue weighted by Gasteiger charge is 2.55. The Balaban J connectivity index is 1.39. The molecule has 3 fully saturated rings. The standard InChI is InChI=1S/C24H26ClFN4O4S/c1-33-19-7-6-14(12-20(19)34-2)8-10-28-22(31)21-18(9-11-35-21)30-23(28)27-29(24(30)32)13-15-16(25)4-3-5-17(15)26/h3-7,12,18,21,23,27H,8-11,13H2,1-2H3. The molecule has 3 aliphatic heterocycles. The quantitative estimate of drug-likeness (QED) is 0.602. The number of nitrogens with zero attached hydrogens (tertiary/aromatic N) is 3. The van der Waals surface area contributed by atoms with Gasteiger partial charge in [0.25, 0.3) is 0 Å². The van der Waals surface area contributed by atoms with Crippen molar-refractivity contribution in [3.63, 3.8) is 0 Å². The molecule has 5 rings (SSSR count). The Kier molecular flexibility index (Phi) is 6.69. The number of thioether (sulfide) groups is 1. The number of hydrazine groups is 1. The van der Waals surface area contributed by atoms with Crippen LogP contribution in [0.2, 0.25) is 5.02 Å². The maximum atomic E-state index is 14.4. The molecule has 0 aromatic heterocycles. The summed E-state index contributed by atoms with van der Waals surface area (Å²) in [4.78, 5) is 30.3. The molecule has 3 heterocycles. The molecule has 11 heteroatoms. The first-order chi connectivity index (χ1) is 16.9. The van der Waals surface area contributed by atoms with Gasteiger partial charge in [0.15, 0.2) is 17.8 Å². The molecule has 3 saturated heterocycles. The van der Waals surface area contributed by atoms with Crippen LogP contribution in [-0.4, -0.2) is 70.8 Å². The van der Waals surface area contributed by atoms with Crippen molar-refractivity contribution in [2.45, 2.75) is 37.0 Å². The number of fused-ring (bicyclic) bond motifs is 3. The Hall–Kier alpha value is -2.69. The van der Waals surface area contributed by atoms with Gasteiger partial charge in [-0.15, -0.1) is 11.8 Å². The van der Waals surface area contributed by atoms with Crippen molar-refractivity contribution in [2.75, 3.05) is 26.5 Å². The van der Waals surface area contributed by atoms with E-state index in [-0.39, 0.29) is 40.4 Å². The number of carbonyl (C=O) groups excluding carboxylic acids is 2. The number of methoxy groups -OCH3 is 2. The predicted octanol–water partition coefficient (Wildman–Crippen LogP) is 3.48. The van der Waals surface area contributed by atoms with Gasteiger partial charge in [-0.2, -0.15) is 5.43 Å². The van der Waals surface area contributed by atoms with Crippen molar-refractivity contribution in [3.8, 4) is 11.5 Å². The van der Waals surface area contributed by atoms with Gasteiger partial charge in [-0.3, -0.25) is 14.7 Å². The average Bonchev–Trinajstić information content (AvgIpc) is 3.46. The molecule has 2 aromatic rings. The number of hydrogen-bond donors (Lipinski definition) is 1. The Morgan fingerprint density at radius 3 is 2.71 bits per heavy atom. The summed E-state index contributed by atoms with van der Waals surface area (Å²) >= 11 is 7.79. The van der Waals surface area contributed by atoms with Crippen LogP contribution in [0.5, 0.6) is 11.5 Å². The number of ether oxygens (including phenoxy) is 2. The number of nitrogens with one attached hydrogen (secondary N) is 1. The van der Waals surface area contributed by atoms with Crippen molar-refractivity contribution in [1.29, 1.82) is 0 Å². The number of benzene rings is 2. The summed E-state index contributed by atoms with van der Waals surface area (Å²) in [6.45, 7) is 0.355. The van der Waals surface area contributed by atoms with Crippen molar-refractivity contribution in [2.24, 2.45) is 0 Å². The topological polar surface area (TPSA) is 74.4 Å². The number of halogens is 2. The smallest absolute Gasteiger partial charge is 0.337 e. The predicted molar refractivity (Wildman–Crippen MR) is 131 cm³/mol. The van der Waals surface area contributed by atoms with E-state index < -0.39 is 12.1 Å². The van der Waals surface area contributed by atoms with Gasteiger partial charge in [-0.25, -0.2) is 9.18 Å². The molecule has 186 valence electrons. The first kappa shape index (κ1) is 24.0. The van der Waals surface area contributed by atoms with E-state index >= 15 is 0 Å². The zero-order valence-electron chi connectivity index (χ0n) is 19.4. The summed E-state index contributed by atoms with van der Waals surface area (Å²) in [6, 6.07) is 9.61. The van der Waals surface area contributed by atoms with Crippen LogP contribution in [0.15, 0.2) is 36.4 Å². The summed E-state index contributed by atoms with van der Waals surface area (Å²) in [7, 11) is 3.16. The van der Waals surface area contributed by atoms with Crippen molar-refractivity contribution in [1.82, 2.24) is 20.2 Å². The fourth-order valence-corrected chi connectivity index (χ4v) is 6.52. The zero-order valence-corrected chi connectivity index (χ0v) is 20.9. The first-order valence-corrected chi connectivity index (χ1v) is 12.8. The molecule has 35 heavy (non-hydrogen) atoms. The van der Waals surface area contributed by atoms with Crippen LogP contribution in [0.4, 0.5) is 9.18 Å². The minimum absolute atomic E-state index is 0.00491. The second-order valence-electron chi connectivity index (χ2n) is 8.60. The molecule has 1 N–H and O–H groups in total. The van der Waals surface area contributed by atoms with Crippen LogP contribution in [-0.2, 0) is 17.8 Å². The normalized spacial score (nSPS) is 23.5. The lowest BCUT2D eigenvalue weighted by Crippen LogP contribution is -2.66. The summed E-state index contributed by atoms with van der Waals surface area (Å²) in [5, 5.41) is 1.30. The molecule has 3 amide bonds. The van der Waals surface area contributed by atoms with E-state index in [1.165, 1.54) is 17.1 Å². The van der Waals surface area contributed by atoms with E-state index in [2.05, 4.69) is 5.43 Å². The second kappa shape index (κ2) is 9.75. The number of urea groups is 1. The second-order valence-corrected chi connectivity index (χ2v) is 10.3. The summed E-state index contributed by atoms with van der Waals surface area (Å²) in [6.07, 6.45) is 0.664. The molecule has 3 aliphatic rings. The highest BCUT2D eigenvalue weighted by atomic mass is 35.5. The largest absolute Gasteiger partial charge is 0.493 e. The van der Waals surface area contributed by atoms with E-state index in [1.54, 1.807) is 41.8 Å². The Morgan fingerprint density at radius 2 is 1.97 bits per heavy atom. The number of amides is 3.